The van der Waals surface area contributed by atoms with Gasteiger partial charge in [0.2, 0.25) is 5.91 Å². The van der Waals surface area contributed by atoms with Crippen LogP contribution in [0.15, 0.2) is 42.6 Å². The van der Waals surface area contributed by atoms with Crippen LogP contribution in [0.4, 0.5) is 10.2 Å². The van der Waals surface area contributed by atoms with Crippen molar-refractivity contribution in [2.75, 3.05) is 25.0 Å². The molecule has 0 radical (unpaired) electrons. The van der Waals surface area contributed by atoms with Gasteiger partial charge in [-0.15, -0.1) is 0 Å². The average molecular weight is 355 g/mol. The molecule has 0 fully saturated rings. The first kappa shape index (κ1) is 17.8. The molecule has 0 atom stereocenters. The molecule has 136 valence electrons. The normalized spacial score (nSPS) is 10.9. The maximum atomic E-state index is 14.2. The summed E-state index contributed by atoms with van der Waals surface area (Å²) in [6, 6.07) is 10.0. The Hall–Kier alpha value is -2.96. The van der Waals surface area contributed by atoms with E-state index in [1.807, 2.05) is 0 Å². The fourth-order valence-electron chi connectivity index (χ4n) is 2.73. The molecule has 0 aliphatic carbocycles. The first-order valence-electron chi connectivity index (χ1n) is 8.67. The summed E-state index contributed by atoms with van der Waals surface area (Å²) in [4.78, 5) is 18.4. The molecular formula is C19H22FN5O. The summed E-state index contributed by atoms with van der Waals surface area (Å²) in [6.45, 7) is 2.92. The van der Waals surface area contributed by atoms with E-state index < -0.39 is 0 Å². The highest BCUT2D eigenvalue weighted by Crippen LogP contribution is 2.25. The third-order valence-electron chi connectivity index (χ3n) is 4.11. The van der Waals surface area contributed by atoms with Gasteiger partial charge in [-0.25, -0.2) is 9.37 Å². The van der Waals surface area contributed by atoms with Crippen molar-refractivity contribution in [1.82, 2.24) is 19.9 Å². The van der Waals surface area contributed by atoms with Gasteiger partial charge in [0.1, 0.15) is 11.6 Å². The zero-order valence-electron chi connectivity index (χ0n) is 14.9. The number of halogens is 1. The minimum absolute atomic E-state index is 0.0643. The van der Waals surface area contributed by atoms with Gasteiger partial charge in [-0.3, -0.25) is 4.79 Å². The van der Waals surface area contributed by atoms with Crippen LogP contribution in [-0.4, -0.2) is 40.6 Å². The highest BCUT2D eigenvalue weighted by atomic mass is 19.1. The summed E-state index contributed by atoms with van der Waals surface area (Å²) in [5, 5.41) is 7.16. The number of hydrogen-bond donors (Lipinski definition) is 1. The van der Waals surface area contributed by atoms with Crippen molar-refractivity contribution < 1.29 is 9.18 Å². The fraction of sp³-hybridized carbons (Fsp3) is 0.316. The molecular weight excluding hydrogens is 333 g/mol. The van der Waals surface area contributed by atoms with E-state index in [1.165, 1.54) is 6.07 Å². The zero-order chi connectivity index (χ0) is 18.5. The van der Waals surface area contributed by atoms with Crippen LogP contribution in [0.25, 0.3) is 16.9 Å². The molecule has 0 saturated heterocycles. The van der Waals surface area contributed by atoms with E-state index in [2.05, 4.69) is 22.3 Å². The van der Waals surface area contributed by atoms with Crippen LogP contribution >= 0.6 is 0 Å². The van der Waals surface area contributed by atoms with Crippen LogP contribution < -0.4 is 10.2 Å². The summed E-state index contributed by atoms with van der Waals surface area (Å²) in [5.41, 5.74) is 1.52. The fourth-order valence-corrected chi connectivity index (χ4v) is 2.73. The van der Waals surface area contributed by atoms with Gasteiger partial charge in [0.05, 0.1) is 18.4 Å². The standard InChI is InChI=1S/C19H22FN5O/c1-3-4-10-21-18(26)13-24(2)19-12-16(14-7-5-6-8-15(14)20)23-17-9-11-22-25(17)19/h5-9,11-12H,3-4,10,13H2,1-2H3,(H,21,26). The molecule has 0 spiro atoms. The Morgan fingerprint density at radius 2 is 2.12 bits per heavy atom. The van der Waals surface area contributed by atoms with Gasteiger partial charge < -0.3 is 10.2 Å². The van der Waals surface area contributed by atoms with Crippen LogP contribution in [0.5, 0.6) is 0 Å². The molecule has 7 heteroatoms. The van der Waals surface area contributed by atoms with E-state index >= 15 is 0 Å². The van der Waals surface area contributed by atoms with Gasteiger partial charge >= 0.3 is 0 Å². The molecule has 1 amide bonds. The summed E-state index contributed by atoms with van der Waals surface area (Å²) >= 11 is 0. The van der Waals surface area contributed by atoms with E-state index in [0.717, 1.165) is 12.8 Å². The highest BCUT2D eigenvalue weighted by Gasteiger charge is 2.15. The van der Waals surface area contributed by atoms with Crippen LogP contribution in [0.1, 0.15) is 19.8 Å². The molecule has 3 aromatic rings. The Bertz CT molecular complexity index is 908. The van der Waals surface area contributed by atoms with Gasteiger partial charge in [-0.05, 0) is 18.6 Å². The van der Waals surface area contributed by atoms with Crippen LogP contribution in [-0.2, 0) is 4.79 Å². The van der Waals surface area contributed by atoms with Crippen LogP contribution in [0.3, 0.4) is 0 Å². The van der Waals surface area contributed by atoms with Gasteiger partial charge in [0.15, 0.2) is 5.65 Å². The summed E-state index contributed by atoms with van der Waals surface area (Å²) in [5.74, 6) is 0.268. The molecule has 2 heterocycles. The number of anilines is 1. The van der Waals surface area contributed by atoms with Crippen molar-refractivity contribution >= 4 is 17.4 Å². The van der Waals surface area contributed by atoms with E-state index in [1.54, 1.807) is 53.0 Å². The Morgan fingerprint density at radius 1 is 1.31 bits per heavy atom. The zero-order valence-corrected chi connectivity index (χ0v) is 14.9. The number of nitrogens with zero attached hydrogens (tertiary/aromatic N) is 4. The number of carbonyl (C=O) groups is 1. The molecule has 0 unspecified atom stereocenters. The molecule has 6 nitrogen and oxygen atoms in total. The maximum absolute atomic E-state index is 14.2. The smallest absolute Gasteiger partial charge is 0.239 e. The summed E-state index contributed by atoms with van der Waals surface area (Å²) in [7, 11) is 1.81. The quantitative estimate of drug-likeness (QED) is 0.662. The predicted molar refractivity (Wildman–Crippen MR) is 99.6 cm³/mol. The molecule has 26 heavy (non-hydrogen) atoms. The van der Waals surface area contributed by atoms with Crippen molar-refractivity contribution in [2.24, 2.45) is 0 Å². The molecule has 0 bridgehead atoms. The second kappa shape index (κ2) is 7.95. The Kier molecular flexibility index (Phi) is 5.46. The first-order valence-corrected chi connectivity index (χ1v) is 8.67. The van der Waals surface area contributed by atoms with Crippen LogP contribution in [0, 0.1) is 5.82 Å². The number of unbranched alkanes of at least 4 members (excludes halogenated alkanes) is 1. The predicted octanol–water partition coefficient (Wildman–Crippen LogP) is 2.89. The Labute approximate surface area is 151 Å². The largest absolute Gasteiger partial charge is 0.355 e. The van der Waals surface area contributed by atoms with Gasteiger partial charge in [0, 0.05) is 31.3 Å². The van der Waals surface area contributed by atoms with E-state index in [0.29, 0.717) is 29.3 Å². The lowest BCUT2D eigenvalue weighted by molar-refractivity contribution is -0.119. The molecule has 2 aromatic heterocycles. The SMILES string of the molecule is CCCCNC(=O)CN(C)c1cc(-c2ccccc2F)nc2ccnn12. The number of benzene rings is 1. The maximum Gasteiger partial charge on any atom is 0.239 e. The molecule has 1 N–H and O–H groups in total. The average Bonchev–Trinajstić information content (AvgIpc) is 3.10. The van der Waals surface area contributed by atoms with Gasteiger partial charge in [-0.1, -0.05) is 25.5 Å². The Morgan fingerprint density at radius 3 is 2.88 bits per heavy atom. The number of amides is 1. The van der Waals surface area contributed by atoms with Crippen molar-refractivity contribution in [1.29, 1.82) is 0 Å². The van der Waals surface area contributed by atoms with E-state index in [9.17, 15) is 9.18 Å². The Balaban J connectivity index is 1.91. The number of aromatic nitrogens is 3. The summed E-state index contributed by atoms with van der Waals surface area (Å²) in [6.07, 6.45) is 3.61. The van der Waals surface area contributed by atoms with Crippen molar-refractivity contribution in [3.63, 3.8) is 0 Å². The number of hydrogen-bond acceptors (Lipinski definition) is 4. The minimum atomic E-state index is -0.338. The number of carbonyl (C=O) groups excluding carboxylic acids is 1. The third kappa shape index (κ3) is 3.82. The van der Waals surface area contributed by atoms with Crippen molar-refractivity contribution in [2.45, 2.75) is 19.8 Å². The second-order valence-electron chi connectivity index (χ2n) is 6.14. The van der Waals surface area contributed by atoms with Gasteiger partial charge in [0.25, 0.3) is 0 Å². The second-order valence-corrected chi connectivity index (χ2v) is 6.14. The topological polar surface area (TPSA) is 62.5 Å². The van der Waals surface area contributed by atoms with E-state index in [-0.39, 0.29) is 18.3 Å². The molecule has 0 aliphatic heterocycles. The highest BCUT2D eigenvalue weighted by molar-refractivity contribution is 5.81. The van der Waals surface area contributed by atoms with Crippen LogP contribution in [0.2, 0.25) is 0 Å². The lowest BCUT2D eigenvalue weighted by atomic mass is 10.1. The number of rotatable bonds is 7. The van der Waals surface area contributed by atoms with Crippen molar-refractivity contribution in [3.05, 3.63) is 48.4 Å². The first-order chi connectivity index (χ1) is 12.6. The lowest BCUT2D eigenvalue weighted by Crippen LogP contribution is -2.36. The monoisotopic (exact) mass is 355 g/mol. The van der Waals surface area contributed by atoms with E-state index in [4.69, 9.17) is 0 Å². The lowest BCUT2D eigenvalue weighted by Gasteiger charge is -2.20. The number of fused-ring (bicyclic) bond motifs is 1. The molecule has 0 saturated carbocycles. The number of likely N-dealkylation sites (N-methyl/N-ethyl adjacent to an activating group) is 1. The minimum Gasteiger partial charge on any atom is -0.355 e. The number of nitrogens with one attached hydrogen (secondary N) is 1. The van der Waals surface area contributed by atoms with Crippen molar-refractivity contribution in [3.8, 4) is 11.3 Å². The van der Waals surface area contributed by atoms with Gasteiger partial charge in [-0.2, -0.15) is 9.61 Å². The molecule has 3 rings (SSSR count). The summed E-state index contributed by atoms with van der Waals surface area (Å²) < 4.78 is 15.8. The molecule has 1 aromatic carbocycles. The molecule has 0 aliphatic rings. The third-order valence-corrected chi connectivity index (χ3v) is 4.11.